The summed E-state index contributed by atoms with van der Waals surface area (Å²) in [6.45, 7) is 6.49. The van der Waals surface area contributed by atoms with Crippen molar-refractivity contribution in [3.05, 3.63) is 0 Å². The lowest BCUT2D eigenvalue weighted by Gasteiger charge is -2.23. The van der Waals surface area contributed by atoms with Crippen molar-refractivity contribution >= 4 is 80.8 Å². The second-order valence-corrected chi connectivity index (χ2v) is 6.49. The SMILES string of the molecule is CC(=S)OC(OC(C)=S)SC(OC(C)=S)OC(C)=S. The fourth-order valence-corrected chi connectivity index (χ4v) is 2.37. The maximum atomic E-state index is 5.29. The zero-order chi connectivity index (χ0) is 15.0. The number of hydrogen-bond donors (Lipinski definition) is 0. The van der Waals surface area contributed by atoms with Crippen LogP contribution in [0, 0.1) is 0 Å². The number of thioether (sulfide) groups is 1. The predicted molar refractivity (Wildman–Crippen MR) is 92.6 cm³/mol. The minimum Gasteiger partial charge on any atom is -0.439 e. The monoisotopic (exact) mass is 358 g/mol. The van der Waals surface area contributed by atoms with Crippen LogP contribution in [0.2, 0.25) is 0 Å². The first-order valence-electron chi connectivity index (χ1n) is 5.05. The van der Waals surface area contributed by atoms with Crippen molar-refractivity contribution in [2.45, 2.75) is 38.9 Å². The van der Waals surface area contributed by atoms with Crippen LogP contribution in [-0.4, -0.2) is 31.4 Å². The Labute approximate surface area is 138 Å². The second-order valence-electron chi connectivity index (χ2n) is 3.15. The van der Waals surface area contributed by atoms with Crippen molar-refractivity contribution < 1.29 is 18.9 Å². The summed E-state index contributed by atoms with van der Waals surface area (Å²) in [5.74, 6) is 0. The van der Waals surface area contributed by atoms with Crippen molar-refractivity contribution in [2.75, 3.05) is 0 Å². The standard InChI is InChI=1S/C10H14O4S5/c1-5(15)11-9(12-6(2)16)19-10(13-7(3)17)14-8(4)18/h9-10H,1-4H3. The maximum Gasteiger partial charge on any atom is 0.298 e. The summed E-state index contributed by atoms with van der Waals surface area (Å²) >= 11 is 20.5. The van der Waals surface area contributed by atoms with Gasteiger partial charge < -0.3 is 18.9 Å². The highest BCUT2D eigenvalue weighted by Crippen LogP contribution is 2.24. The first-order chi connectivity index (χ1) is 8.70. The number of rotatable bonds is 6. The van der Waals surface area contributed by atoms with Gasteiger partial charge in [-0.3, -0.25) is 0 Å². The third-order valence-corrected chi connectivity index (χ3v) is 2.49. The molecule has 0 heterocycles. The van der Waals surface area contributed by atoms with Gasteiger partial charge in [-0.25, -0.2) is 0 Å². The van der Waals surface area contributed by atoms with Crippen LogP contribution in [0.4, 0.5) is 0 Å². The van der Waals surface area contributed by atoms with E-state index in [2.05, 4.69) is 0 Å². The molecule has 108 valence electrons. The summed E-state index contributed by atoms with van der Waals surface area (Å²) in [5.41, 5.74) is -1.58. The Bertz CT molecular complexity index is 305. The number of hydrogen-bond acceptors (Lipinski definition) is 9. The molecule has 0 bridgehead atoms. The van der Waals surface area contributed by atoms with E-state index in [0.29, 0.717) is 20.2 Å². The normalized spacial score (nSPS) is 10.0. The van der Waals surface area contributed by atoms with Crippen molar-refractivity contribution in [1.29, 1.82) is 0 Å². The van der Waals surface area contributed by atoms with E-state index in [9.17, 15) is 0 Å². The largest absolute Gasteiger partial charge is 0.439 e. The minimum absolute atomic E-state index is 0.311. The molecule has 0 saturated carbocycles. The van der Waals surface area contributed by atoms with E-state index in [1.807, 2.05) is 0 Å². The summed E-state index contributed by atoms with van der Waals surface area (Å²) < 4.78 is 21.2. The van der Waals surface area contributed by atoms with Gasteiger partial charge in [0.25, 0.3) is 11.2 Å². The predicted octanol–water partition coefficient (Wildman–Crippen LogP) is 3.74. The molecule has 0 N–H and O–H groups in total. The fourth-order valence-electron chi connectivity index (χ4n) is 0.792. The molecule has 0 spiro atoms. The van der Waals surface area contributed by atoms with Gasteiger partial charge in [0.1, 0.15) is 0 Å². The molecular formula is C10H14O4S5. The Hall–Kier alpha value is -0.0900. The molecule has 0 unspecified atom stereocenters. The Balaban J connectivity index is 4.68. The topological polar surface area (TPSA) is 36.9 Å². The van der Waals surface area contributed by atoms with Gasteiger partial charge in [0.05, 0.1) is 0 Å². The number of ether oxygens (including phenoxy) is 4. The van der Waals surface area contributed by atoms with Crippen molar-refractivity contribution in [2.24, 2.45) is 0 Å². The van der Waals surface area contributed by atoms with E-state index in [1.54, 1.807) is 27.7 Å². The number of thiocarbonyl (C=S) groups is 4. The van der Waals surface area contributed by atoms with Gasteiger partial charge in [-0.15, -0.1) is 0 Å². The highest BCUT2D eigenvalue weighted by atomic mass is 32.2. The molecule has 0 radical (unpaired) electrons. The van der Waals surface area contributed by atoms with Crippen molar-refractivity contribution in [3.8, 4) is 0 Å². The van der Waals surface area contributed by atoms with E-state index >= 15 is 0 Å². The minimum atomic E-state index is -0.788. The van der Waals surface area contributed by atoms with Crippen LogP contribution in [0.5, 0.6) is 0 Å². The Morgan fingerprint density at radius 1 is 0.632 bits per heavy atom. The quantitative estimate of drug-likeness (QED) is 0.521. The van der Waals surface area contributed by atoms with Gasteiger partial charge in [-0.05, 0) is 48.9 Å². The first kappa shape index (κ1) is 18.9. The molecule has 0 amide bonds. The van der Waals surface area contributed by atoms with Crippen LogP contribution in [0.25, 0.3) is 0 Å². The molecule has 0 saturated heterocycles. The molecule has 19 heavy (non-hydrogen) atoms. The average Bonchev–Trinajstić information content (AvgIpc) is 2.11. The summed E-state index contributed by atoms with van der Waals surface area (Å²) in [7, 11) is 0. The van der Waals surface area contributed by atoms with E-state index in [1.165, 1.54) is 0 Å². The summed E-state index contributed by atoms with van der Waals surface area (Å²) in [6.07, 6.45) is 0. The Morgan fingerprint density at radius 2 is 0.842 bits per heavy atom. The van der Waals surface area contributed by atoms with Crippen LogP contribution in [0.1, 0.15) is 27.7 Å². The van der Waals surface area contributed by atoms with E-state index in [-0.39, 0.29) is 0 Å². The molecule has 0 aromatic heterocycles. The van der Waals surface area contributed by atoms with Crippen molar-refractivity contribution in [3.63, 3.8) is 0 Å². The molecule has 4 nitrogen and oxygen atoms in total. The third-order valence-electron chi connectivity index (χ3n) is 1.27. The zero-order valence-corrected chi connectivity index (χ0v) is 14.9. The third kappa shape index (κ3) is 11.4. The summed E-state index contributed by atoms with van der Waals surface area (Å²) in [5, 5.41) is 1.24. The summed E-state index contributed by atoms with van der Waals surface area (Å²) in [4.78, 5) is 0. The molecule has 0 aliphatic carbocycles. The van der Waals surface area contributed by atoms with Gasteiger partial charge in [-0.2, -0.15) is 0 Å². The molecule has 0 fully saturated rings. The van der Waals surface area contributed by atoms with Gasteiger partial charge >= 0.3 is 0 Å². The molecule has 0 aromatic carbocycles. The van der Waals surface area contributed by atoms with Gasteiger partial charge in [0.2, 0.25) is 0 Å². The lowest BCUT2D eigenvalue weighted by atomic mass is 10.8. The lowest BCUT2D eigenvalue weighted by molar-refractivity contribution is 0.0401. The molecular weight excluding hydrogens is 344 g/mol. The van der Waals surface area contributed by atoms with Gasteiger partial charge in [0.15, 0.2) is 20.2 Å². The second kappa shape index (κ2) is 9.76. The highest BCUT2D eigenvalue weighted by molar-refractivity contribution is 8.00. The highest BCUT2D eigenvalue weighted by Gasteiger charge is 2.24. The smallest absolute Gasteiger partial charge is 0.298 e. The first-order valence-corrected chi connectivity index (χ1v) is 7.62. The lowest BCUT2D eigenvalue weighted by Crippen LogP contribution is -2.25. The zero-order valence-electron chi connectivity index (χ0n) is 10.8. The average molecular weight is 359 g/mol. The van der Waals surface area contributed by atoms with E-state index in [4.69, 9.17) is 67.8 Å². The molecule has 0 aromatic rings. The van der Waals surface area contributed by atoms with E-state index < -0.39 is 11.2 Å². The Kier molecular flexibility index (Phi) is 9.71. The molecule has 0 aliphatic heterocycles. The molecule has 0 aliphatic rings. The molecule has 0 rings (SSSR count). The van der Waals surface area contributed by atoms with Gasteiger partial charge in [0, 0.05) is 39.5 Å². The maximum absolute atomic E-state index is 5.29. The molecule has 0 atom stereocenters. The van der Waals surface area contributed by atoms with Crippen LogP contribution in [0.15, 0.2) is 0 Å². The molecule has 9 heteroatoms. The van der Waals surface area contributed by atoms with Gasteiger partial charge in [-0.1, -0.05) is 0 Å². The van der Waals surface area contributed by atoms with Crippen LogP contribution >= 0.6 is 60.6 Å². The van der Waals surface area contributed by atoms with Crippen LogP contribution < -0.4 is 0 Å². The van der Waals surface area contributed by atoms with E-state index in [0.717, 1.165) is 11.8 Å². The summed E-state index contributed by atoms with van der Waals surface area (Å²) in [6, 6.07) is 0. The van der Waals surface area contributed by atoms with Crippen molar-refractivity contribution in [1.82, 2.24) is 0 Å². The fraction of sp³-hybridized carbons (Fsp3) is 0.600. The Morgan fingerprint density at radius 3 is 1.00 bits per heavy atom. The van der Waals surface area contributed by atoms with Crippen LogP contribution in [-0.2, 0) is 18.9 Å². The van der Waals surface area contributed by atoms with Crippen LogP contribution in [0.3, 0.4) is 0 Å².